The molecule has 1 N–H and O–H groups in total. The van der Waals surface area contributed by atoms with Crippen molar-refractivity contribution in [3.63, 3.8) is 0 Å². The van der Waals surface area contributed by atoms with Crippen LogP contribution < -0.4 is 9.64 Å². The van der Waals surface area contributed by atoms with Gasteiger partial charge in [0.25, 0.3) is 11.7 Å². The Balaban J connectivity index is 1.90. The first kappa shape index (κ1) is 21.1. The first-order valence-corrected chi connectivity index (χ1v) is 10.0. The number of ether oxygens (including phenoxy) is 1. The van der Waals surface area contributed by atoms with Crippen molar-refractivity contribution in [2.45, 2.75) is 13.0 Å². The summed E-state index contributed by atoms with van der Waals surface area (Å²) in [7, 11) is 1.55. The van der Waals surface area contributed by atoms with Gasteiger partial charge in [-0.1, -0.05) is 42.5 Å². The Morgan fingerprint density at radius 1 is 0.875 bits per heavy atom. The van der Waals surface area contributed by atoms with E-state index in [1.807, 2.05) is 0 Å². The van der Waals surface area contributed by atoms with Crippen LogP contribution in [0.4, 0.5) is 5.69 Å². The first-order valence-electron chi connectivity index (χ1n) is 10.0. The van der Waals surface area contributed by atoms with E-state index in [1.165, 1.54) is 11.8 Å². The normalized spacial score (nSPS) is 17.4. The molecule has 0 saturated carbocycles. The quantitative estimate of drug-likeness (QED) is 0.280. The molecule has 1 saturated heterocycles. The van der Waals surface area contributed by atoms with Gasteiger partial charge in [-0.3, -0.25) is 19.3 Å². The van der Waals surface area contributed by atoms with Crippen molar-refractivity contribution in [3.05, 3.63) is 101 Å². The maximum Gasteiger partial charge on any atom is 0.300 e. The fraction of sp³-hybridized carbons (Fsp3) is 0.115. The lowest BCUT2D eigenvalue weighted by atomic mass is 9.95. The molecule has 3 aromatic carbocycles. The van der Waals surface area contributed by atoms with Gasteiger partial charge in [-0.05, 0) is 48.9 Å². The van der Waals surface area contributed by atoms with Crippen molar-refractivity contribution in [2.24, 2.45) is 0 Å². The second kappa shape index (κ2) is 8.51. The Morgan fingerprint density at radius 2 is 1.50 bits per heavy atom. The van der Waals surface area contributed by atoms with E-state index in [-0.39, 0.29) is 17.1 Å². The zero-order valence-corrected chi connectivity index (χ0v) is 17.6. The number of hydrogen-bond donors (Lipinski definition) is 1. The van der Waals surface area contributed by atoms with Crippen LogP contribution in [-0.4, -0.2) is 29.7 Å². The number of Topliss-reactive ketones (excluding diaryl/α,β-unsaturated/α-hetero) is 2. The maximum atomic E-state index is 13.1. The van der Waals surface area contributed by atoms with E-state index in [1.54, 1.807) is 86.0 Å². The summed E-state index contributed by atoms with van der Waals surface area (Å²) < 4.78 is 5.22. The van der Waals surface area contributed by atoms with Gasteiger partial charge in [0.15, 0.2) is 5.78 Å². The molecule has 32 heavy (non-hydrogen) atoms. The van der Waals surface area contributed by atoms with Gasteiger partial charge < -0.3 is 9.84 Å². The predicted octanol–water partition coefficient (Wildman–Crippen LogP) is 4.52. The number of aliphatic hydroxyl groups excluding tert-OH is 1. The van der Waals surface area contributed by atoms with E-state index in [2.05, 4.69) is 0 Å². The van der Waals surface area contributed by atoms with Gasteiger partial charge in [0, 0.05) is 16.8 Å². The molecule has 0 bridgehead atoms. The molecule has 1 aliphatic heterocycles. The minimum atomic E-state index is -0.843. The molecule has 1 unspecified atom stereocenters. The van der Waals surface area contributed by atoms with E-state index in [4.69, 9.17) is 4.74 Å². The van der Waals surface area contributed by atoms with Crippen LogP contribution in [0.25, 0.3) is 5.76 Å². The third kappa shape index (κ3) is 3.67. The van der Waals surface area contributed by atoms with Gasteiger partial charge in [-0.2, -0.15) is 0 Å². The number of methoxy groups -OCH3 is 1. The van der Waals surface area contributed by atoms with Crippen molar-refractivity contribution in [1.82, 2.24) is 0 Å². The van der Waals surface area contributed by atoms with Crippen LogP contribution in [0, 0.1) is 0 Å². The van der Waals surface area contributed by atoms with Gasteiger partial charge in [0.2, 0.25) is 0 Å². The lowest BCUT2D eigenvalue weighted by molar-refractivity contribution is -0.132. The van der Waals surface area contributed by atoms with E-state index in [9.17, 15) is 19.5 Å². The zero-order chi connectivity index (χ0) is 22.8. The lowest BCUT2D eigenvalue weighted by Gasteiger charge is -2.25. The van der Waals surface area contributed by atoms with Crippen molar-refractivity contribution >= 4 is 28.9 Å². The lowest BCUT2D eigenvalue weighted by Crippen LogP contribution is -2.29. The van der Waals surface area contributed by atoms with Crippen LogP contribution in [-0.2, 0) is 9.59 Å². The molecule has 1 atom stereocenters. The highest BCUT2D eigenvalue weighted by atomic mass is 16.5. The van der Waals surface area contributed by atoms with Gasteiger partial charge >= 0.3 is 0 Å². The summed E-state index contributed by atoms with van der Waals surface area (Å²) in [5, 5.41) is 11.0. The van der Waals surface area contributed by atoms with Crippen LogP contribution in [0.3, 0.4) is 0 Å². The molecule has 1 fully saturated rings. The summed E-state index contributed by atoms with van der Waals surface area (Å²) in [4.78, 5) is 39.2. The number of nitrogens with zero attached hydrogens (tertiary/aromatic N) is 1. The van der Waals surface area contributed by atoms with Gasteiger partial charge in [-0.15, -0.1) is 0 Å². The SMILES string of the molecule is COc1ccc(C2C(=C(O)c3ccccc3)C(=O)C(=O)N2c2ccc(C(C)=O)cc2)cc1. The van der Waals surface area contributed by atoms with Crippen LogP contribution >= 0.6 is 0 Å². The Labute approximate surface area is 185 Å². The minimum Gasteiger partial charge on any atom is -0.507 e. The van der Waals surface area contributed by atoms with Crippen LogP contribution in [0.5, 0.6) is 5.75 Å². The maximum absolute atomic E-state index is 13.1. The van der Waals surface area contributed by atoms with Gasteiger partial charge in [0.1, 0.15) is 11.5 Å². The fourth-order valence-electron chi connectivity index (χ4n) is 3.81. The summed E-state index contributed by atoms with van der Waals surface area (Å²) in [5.41, 5.74) is 2.02. The molecule has 0 aromatic heterocycles. The number of benzene rings is 3. The van der Waals surface area contributed by atoms with E-state index in [0.717, 1.165) is 0 Å². The van der Waals surface area contributed by atoms with Gasteiger partial charge in [-0.25, -0.2) is 0 Å². The van der Waals surface area contributed by atoms with Crippen molar-refractivity contribution < 1.29 is 24.2 Å². The average Bonchev–Trinajstić information content (AvgIpc) is 3.09. The smallest absolute Gasteiger partial charge is 0.300 e. The fourth-order valence-corrected chi connectivity index (χ4v) is 3.81. The molecule has 1 amide bonds. The monoisotopic (exact) mass is 427 g/mol. The van der Waals surface area contributed by atoms with Crippen molar-refractivity contribution in [2.75, 3.05) is 12.0 Å². The molecule has 3 aromatic rings. The van der Waals surface area contributed by atoms with E-state index < -0.39 is 17.7 Å². The number of anilines is 1. The summed E-state index contributed by atoms with van der Waals surface area (Å²) in [5.74, 6) is -1.25. The number of ketones is 2. The Kier molecular flexibility index (Phi) is 5.60. The highest BCUT2D eigenvalue weighted by Crippen LogP contribution is 2.42. The molecular formula is C26H21NO5. The summed E-state index contributed by atoms with van der Waals surface area (Å²) in [6.45, 7) is 1.46. The molecular weight excluding hydrogens is 406 g/mol. The molecule has 4 rings (SSSR count). The molecule has 1 aliphatic rings. The minimum absolute atomic E-state index is 0.00186. The van der Waals surface area contributed by atoms with E-state index >= 15 is 0 Å². The molecule has 0 aliphatic carbocycles. The predicted molar refractivity (Wildman–Crippen MR) is 121 cm³/mol. The molecule has 6 heteroatoms. The van der Waals surface area contributed by atoms with Gasteiger partial charge in [0.05, 0.1) is 18.7 Å². The number of amides is 1. The second-order valence-corrected chi connectivity index (χ2v) is 7.41. The Morgan fingerprint density at radius 3 is 2.06 bits per heavy atom. The van der Waals surface area contributed by atoms with E-state index in [0.29, 0.717) is 28.1 Å². The Bertz CT molecular complexity index is 1210. The topological polar surface area (TPSA) is 83.9 Å². The number of carbonyl (C=O) groups excluding carboxylic acids is 3. The van der Waals surface area contributed by atoms with Crippen molar-refractivity contribution in [1.29, 1.82) is 0 Å². The number of hydrogen-bond acceptors (Lipinski definition) is 5. The summed E-state index contributed by atoms with van der Waals surface area (Å²) in [6.07, 6.45) is 0. The third-order valence-corrected chi connectivity index (χ3v) is 5.48. The molecule has 0 spiro atoms. The number of rotatable bonds is 5. The summed E-state index contributed by atoms with van der Waals surface area (Å²) >= 11 is 0. The largest absolute Gasteiger partial charge is 0.507 e. The summed E-state index contributed by atoms with van der Waals surface area (Å²) in [6, 6.07) is 21.2. The standard InChI is InChI=1S/C26H21NO5/c1-16(28)17-8-12-20(13-9-17)27-23(18-10-14-21(32-2)15-11-18)22(25(30)26(27)31)24(29)19-6-4-3-5-7-19/h3-15,23,29H,1-2H3. The van der Waals surface area contributed by atoms with Crippen LogP contribution in [0.2, 0.25) is 0 Å². The second-order valence-electron chi connectivity index (χ2n) is 7.41. The first-order chi connectivity index (χ1) is 15.4. The average molecular weight is 427 g/mol. The number of carbonyl (C=O) groups is 3. The molecule has 160 valence electrons. The highest BCUT2D eigenvalue weighted by Gasteiger charge is 2.46. The molecule has 1 heterocycles. The Hall–Kier alpha value is -4.19. The number of aliphatic hydroxyl groups is 1. The third-order valence-electron chi connectivity index (χ3n) is 5.48. The molecule has 6 nitrogen and oxygen atoms in total. The van der Waals surface area contributed by atoms with Crippen LogP contribution in [0.1, 0.15) is 34.5 Å². The zero-order valence-electron chi connectivity index (χ0n) is 17.6. The van der Waals surface area contributed by atoms with Crippen molar-refractivity contribution in [3.8, 4) is 5.75 Å². The molecule has 0 radical (unpaired) electrons. The highest BCUT2D eigenvalue weighted by molar-refractivity contribution is 6.51. The van der Waals surface area contributed by atoms with Crippen LogP contribution in [0.15, 0.2) is 84.4 Å².